The predicted molar refractivity (Wildman–Crippen MR) is 116 cm³/mol. The number of esters is 3. The number of aldehydes is 1. The maximum absolute atomic E-state index is 12.7. The first-order valence-corrected chi connectivity index (χ1v) is 10.9. The summed E-state index contributed by atoms with van der Waals surface area (Å²) < 4.78 is 15.5. The number of allylic oxidation sites excluding steroid dienone is 4. The van der Waals surface area contributed by atoms with Crippen molar-refractivity contribution in [3.8, 4) is 0 Å². The molecule has 0 aromatic heterocycles. The van der Waals surface area contributed by atoms with Gasteiger partial charge < -0.3 is 19.0 Å². The van der Waals surface area contributed by atoms with Crippen LogP contribution < -0.4 is 0 Å². The minimum atomic E-state index is -1.02. The Kier molecular flexibility index (Phi) is 10.7. The Labute approximate surface area is 185 Å². The highest BCUT2D eigenvalue weighted by atomic mass is 16.5. The third-order valence-corrected chi connectivity index (χ3v) is 5.44. The molecular formula is C24H36O7. The van der Waals surface area contributed by atoms with Crippen LogP contribution in [-0.2, 0) is 33.4 Å². The van der Waals surface area contributed by atoms with Crippen molar-refractivity contribution in [2.75, 3.05) is 19.8 Å². The highest BCUT2D eigenvalue weighted by Gasteiger charge is 2.40. The number of ether oxygens (including phenoxy) is 3. The molecule has 7 heteroatoms. The van der Waals surface area contributed by atoms with Gasteiger partial charge in [0.2, 0.25) is 0 Å². The first-order chi connectivity index (χ1) is 14.6. The van der Waals surface area contributed by atoms with E-state index in [1.807, 2.05) is 18.2 Å². The van der Waals surface area contributed by atoms with Gasteiger partial charge in [0, 0.05) is 6.42 Å². The average Bonchev–Trinajstić information content (AvgIpc) is 2.68. The zero-order chi connectivity index (χ0) is 23.5. The summed E-state index contributed by atoms with van der Waals surface area (Å²) in [6, 6.07) is 0. The summed E-state index contributed by atoms with van der Waals surface area (Å²) in [6.07, 6.45) is 8.14. The van der Waals surface area contributed by atoms with E-state index >= 15 is 0 Å². The van der Waals surface area contributed by atoms with E-state index in [1.165, 1.54) is 0 Å². The van der Waals surface area contributed by atoms with Crippen LogP contribution in [0.25, 0.3) is 0 Å². The first kappa shape index (κ1) is 26.6. The molecule has 0 aromatic rings. The van der Waals surface area contributed by atoms with Crippen LogP contribution in [0, 0.1) is 16.7 Å². The average molecular weight is 437 g/mol. The summed E-state index contributed by atoms with van der Waals surface area (Å²) in [5.41, 5.74) is -1.07. The molecule has 31 heavy (non-hydrogen) atoms. The molecule has 0 spiro atoms. The minimum absolute atomic E-state index is 0.0218. The minimum Gasteiger partial charge on any atom is -0.466 e. The van der Waals surface area contributed by atoms with Gasteiger partial charge in [-0.3, -0.25) is 14.4 Å². The van der Waals surface area contributed by atoms with Gasteiger partial charge in [-0.05, 0) is 59.8 Å². The molecule has 0 radical (unpaired) electrons. The molecular weight excluding hydrogens is 400 g/mol. The van der Waals surface area contributed by atoms with Crippen LogP contribution in [0.4, 0.5) is 0 Å². The third kappa shape index (κ3) is 7.96. The van der Waals surface area contributed by atoms with Gasteiger partial charge in [0.1, 0.15) is 6.29 Å². The zero-order valence-electron chi connectivity index (χ0n) is 19.4. The smallest absolute Gasteiger partial charge is 0.312 e. The molecule has 0 fully saturated rings. The van der Waals surface area contributed by atoms with Crippen molar-refractivity contribution in [1.82, 2.24) is 0 Å². The largest absolute Gasteiger partial charge is 0.466 e. The quantitative estimate of drug-likeness (QED) is 0.245. The van der Waals surface area contributed by atoms with Gasteiger partial charge in [-0.2, -0.15) is 0 Å². The lowest BCUT2D eigenvalue weighted by atomic mass is 9.74. The Hall–Kier alpha value is -2.44. The summed E-state index contributed by atoms with van der Waals surface area (Å²) in [7, 11) is 0. The van der Waals surface area contributed by atoms with Crippen molar-refractivity contribution < 1.29 is 33.4 Å². The Morgan fingerprint density at radius 3 is 2.13 bits per heavy atom. The van der Waals surface area contributed by atoms with Gasteiger partial charge in [-0.25, -0.2) is 0 Å². The van der Waals surface area contributed by atoms with Crippen molar-refractivity contribution in [3.05, 3.63) is 23.8 Å². The highest BCUT2D eigenvalue weighted by molar-refractivity contribution is 5.83. The SMILES string of the molecule is CCOC(=O)CC(C)(CC1C=C(CC(C)(CC=O)C(=O)OCC)C=CC1)C(=O)OCC. The molecule has 3 unspecified atom stereocenters. The molecule has 3 atom stereocenters. The Balaban J connectivity index is 3.05. The van der Waals surface area contributed by atoms with Gasteiger partial charge >= 0.3 is 17.9 Å². The van der Waals surface area contributed by atoms with E-state index in [1.54, 1.807) is 34.6 Å². The number of hydrogen-bond acceptors (Lipinski definition) is 7. The fourth-order valence-electron chi connectivity index (χ4n) is 3.89. The number of carbonyl (C=O) groups is 4. The monoisotopic (exact) mass is 436 g/mol. The summed E-state index contributed by atoms with van der Waals surface area (Å²) in [5, 5.41) is 0. The number of hydrogen-bond donors (Lipinski definition) is 0. The van der Waals surface area contributed by atoms with Crippen molar-refractivity contribution in [2.45, 2.75) is 66.7 Å². The molecule has 0 bridgehead atoms. The lowest BCUT2D eigenvalue weighted by molar-refractivity contribution is -0.162. The molecule has 1 aliphatic carbocycles. The fraction of sp³-hybridized carbons (Fsp3) is 0.667. The van der Waals surface area contributed by atoms with E-state index in [2.05, 4.69) is 0 Å². The van der Waals surface area contributed by atoms with E-state index in [9.17, 15) is 19.2 Å². The molecule has 174 valence electrons. The molecule has 0 aliphatic heterocycles. The highest BCUT2D eigenvalue weighted by Crippen LogP contribution is 2.38. The van der Waals surface area contributed by atoms with Crippen LogP contribution in [0.15, 0.2) is 23.8 Å². The summed E-state index contributed by atoms with van der Waals surface area (Å²) in [4.78, 5) is 48.4. The molecule has 0 N–H and O–H groups in total. The molecule has 0 aromatic carbocycles. The Morgan fingerprint density at radius 1 is 1.00 bits per heavy atom. The second-order valence-electron chi connectivity index (χ2n) is 8.44. The number of rotatable bonds is 13. The van der Waals surface area contributed by atoms with Gasteiger partial charge in [-0.1, -0.05) is 23.8 Å². The Morgan fingerprint density at radius 2 is 1.58 bits per heavy atom. The van der Waals surface area contributed by atoms with E-state index in [-0.39, 0.29) is 38.6 Å². The maximum Gasteiger partial charge on any atom is 0.312 e. The topological polar surface area (TPSA) is 96.0 Å². The van der Waals surface area contributed by atoms with Gasteiger partial charge in [0.05, 0.1) is 37.1 Å². The molecule has 0 saturated carbocycles. The van der Waals surface area contributed by atoms with Crippen molar-refractivity contribution >= 4 is 24.2 Å². The molecule has 1 rings (SSSR count). The normalized spacial score (nSPS) is 19.4. The lowest BCUT2D eigenvalue weighted by Crippen LogP contribution is -2.35. The van der Waals surface area contributed by atoms with Crippen LogP contribution in [0.5, 0.6) is 0 Å². The second kappa shape index (κ2) is 12.4. The standard InChI is InChI=1S/C24H36O7/c1-6-29-20(26)17-24(5,22(28)31-8-3)16-19-11-9-10-18(14-19)15-23(4,12-13-25)21(27)30-7-2/h9-10,13-14,19H,6-8,11-12,15-17H2,1-5H3. The maximum atomic E-state index is 12.7. The van der Waals surface area contributed by atoms with Gasteiger partial charge in [0.25, 0.3) is 0 Å². The zero-order valence-corrected chi connectivity index (χ0v) is 19.4. The van der Waals surface area contributed by atoms with Crippen LogP contribution in [-0.4, -0.2) is 44.0 Å². The number of carbonyl (C=O) groups excluding carboxylic acids is 4. The lowest BCUT2D eigenvalue weighted by Gasteiger charge is -2.31. The predicted octanol–water partition coefficient (Wildman–Crippen LogP) is 3.95. The summed E-state index contributed by atoms with van der Waals surface area (Å²) in [5.74, 6) is -1.29. The molecule has 7 nitrogen and oxygen atoms in total. The van der Waals surface area contributed by atoms with Crippen LogP contribution >= 0.6 is 0 Å². The third-order valence-electron chi connectivity index (χ3n) is 5.44. The van der Waals surface area contributed by atoms with Gasteiger partial charge in [0.15, 0.2) is 0 Å². The Bertz CT molecular complexity index is 709. The van der Waals surface area contributed by atoms with Crippen LogP contribution in [0.1, 0.15) is 66.7 Å². The fourth-order valence-corrected chi connectivity index (χ4v) is 3.89. The molecule has 0 saturated heterocycles. The van der Waals surface area contributed by atoms with Crippen molar-refractivity contribution in [1.29, 1.82) is 0 Å². The molecule has 0 heterocycles. The molecule has 1 aliphatic rings. The summed E-state index contributed by atoms with van der Waals surface area (Å²) in [6.45, 7) is 9.35. The van der Waals surface area contributed by atoms with E-state index < -0.39 is 28.7 Å². The van der Waals surface area contributed by atoms with Gasteiger partial charge in [-0.15, -0.1) is 0 Å². The van der Waals surface area contributed by atoms with E-state index in [0.717, 1.165) is 11.9 Å². The van der Waals surface area contributed by atoms with Crippen LogP contribution in [0.3, 0.4) is 0 Å². The van der Waals surface area contributed by atoms with Crippen molar-refractivity contribution in [3.63, 3.8) is 0 Å². The second-order valence-corrected chi connectivity index (χ2v) is 8.44. The van der Waals surface area contributed by atoms with E-state index in [4.69, 9.17) is 14.2 Å². The summed E-state index contributed by atoms with van der Waals surface area (Å²) >= 11 is 0. The first-order valence-electron chi connectivity index (χ1n) is 10.9. The molecule has 0 amide bonds. The van der Waals surface area contributed by atoms with E-state index in [0.29, 0.717) is 19.3 Å². The van der Waals surface area contributed by atoms with Crippen molar-refractivity contribution in [2.24, 2.45) is 16.7 Å². The van der Waals surface area contributed by atoms with Crippen LogP contribution in [0.2, 0.25) is 0 Å².